The number of rotatable bonds is 2. The Kier molecular flexibility index (Phi) is 2.71. The summed E-state index contributed by atoms with van der Waals surface area (Å²) in [5, 5.41) is 0.560. The SMILES string of the molecule is CCc1ccc(Cl)c(OC)n1. The molecule has 0 N–H and O–H groups in total. The summed E-state index contributed by atoms with van der Waals surface area (Å²) in [6, 6.07) is 3.69. The van der Waals surface area contributed by atoms with E-state index in [0.717, 1.165) is 12.1 Å². The Labute approximate surface area is 71.2 Å². The van der Waals surface area contributed by atoms with Crippen molar-refractivity contribution in [3.63, 3.8) is 0 Å². The number of halogens is 1. The van der Waals surface area contributed by atoms with E-state index in [4.69, 9.17) is 16.3 Å². The van der Waals surface area contributed by atoms with Gasteiger partial charge in [0.2, 0.25) is 5.88 Å². The molecule has 0 aliphatic carbocycles. The Morgan fingerprint density at radius 3 is 2.82 bits per heavy atom. The highest BCUT2D eigenvalue weighted by molar-refractivity contribution is 6.31. The van der Waals surface area contributed by atoms with Crippen molar-refractivity contribution in [3.05, 3.63) is 22.8 Å². The van der Waals surface area contributed by atoms with E-state index in [2.05, 4.69) is 4.98 Å². The molecule has 0 radical (unpaired) electrons. The van der Waals surface area contributed by atoms with Crippen LogP contribution in [0.1, 0.15) is 12.6 Å². The minimum absolute atomic E-state index is 0.506. The maximum absolute atomic E-state index is 5.77. The molecule has 0 saturated heterocycles. The van der Waals surface area contributed by atoms with E-state index in [0.29, 0.717) is 10.9 Å². The van der Waals surface area contributed by atoms with Gasteiger partial charge < -0.3 is 4.74 Å². The highest BCUT2D eigenvalue weighted by Crippen LogP contribution is 2.21. The van der Waals surface area contributed by atoms with Crippen molar-refractivity contribution in [1.82, 2.24) is 4.98 Å². The number of pyridine rings is 1. The fourth-order valence-electron chi connectivity index (χ4n) is 0.802. The molecular weight excluding hydrogens is 162 g/mol. The molecular formula is C8H10ClNO. The Bertz CT molecular complexity index is 250. The van der Waals surface area contributed by atoms with Crippen molar-refractivity contribution in [2.75, 3.05) is 7.11 Å². The molecule has 0 saturated carbocycles. The molecule has 0 spiro atoms. The number of hydrogen-bond donors (Lipinski definition) is 0. The van der Waals surface area contributed by atoms with Gasteiger partial charge in [0.05, 0.1) is 7.11 Å². The van der Waals surface area contributed by atoms with Crippen LogP contribution in [0.15, 0.2) is 12.1 Å². The first-order chi connectivity index (χ1) is 5.27. The van der Waals surface area contributed by atoms with Gasteiger partial charge in [-0.15, -0.1) is 0 Å². The zero-order valence-corrected chi connectivity index (χ0v) is 7.35. The van der Waals surface area contributed by atoms with Gasteiger partial charge in [0.15, 0.2) is 0 Å². The van der Waals surface area contributed by atoms with Crippen LogP contribution in [0.25, 0.3) is 0 Å². The summed E-state index contributed by atoms with van der Waals surface area (Å²) in [5.74, 6) is 0.506. The van der Waals surface area contributed by atoms with Gasteiger partial charge in [-0.25, -0.2) is 4.98 Å². The molecule has 60 valence electrons. The molecule has 0 aromatic carbocycles. The molecule has 0 bridgehead atoms. The smallest absolute Gasteiger partial charge is 0.232 e. The van der Waals surface area contributed by atoms with Gasteiger partial charge in [-0.1, -0.05) is 18.5 Å². The molecule has 0 atom stereocenters. The van der Waals surface area contributed by atoms with E-state index in [1.165, 1.54) is 0 Å². The van der Waals surface area contributed by atoms with Crippen molar-refractivity contribution in [3.8, 4) is 5.88 Å². The molecule has 3 heteroatoms. The molecule has 1 rings (SSSR count). The first kappa shape index (κ1) is 8.34. The Morgan fingerprint density at radius 1 is 1.55 bits per heavy atom. The number of aromatic nitrogens is 1. The van der Waals surface area contributed by atoms with Gasteiger partial charge in [-0.2, -0.15) is 0 Å². The molecule has 1 heterocycles. The second-order valence-electron chi connectivity index (χ2n) is 2.15. The maximum atomic E-state index is 5.77. The minimum atomic E-state index is 0.506. The van der Waals surface area contributed by atoms with Gasteiger partial charge in [0, 0.05) is 5.69 Å². The largest absolute Gasteiger partial charge is 0.480 e. The zero-order valence-electron chi connectivity index (χ0n) is 6.60. The van der Waals surface area contributed by atoms with Gasteiger partial charge in [0.1, 0.15) is 5.02 Å². The predicted molar refractivity (Wildman–Crippen MR) is 45.2 cm³/mol. The number of nitrogens with zero attached hydrogens (tertiary/aromatic N) is 1. The van der Waals surface area contributed by atoms with Crippen LogP contribution in [0.4, 0.5) is 0 Å². The number of methoxy groups -OCH3 is 1. The molecule has 0 amide bonds. The highest BCUT2D eigenvalue weighted by atomic mass is 35.5. The average Bonchev–Trinajstić information content (AvgIpc) is 2.05. The Hall–Kier alpha value is -0.760. The first-order valence-corrected chi connectivity index (χ1v) is 3.85. The number of ether oxygens (including phenoxy) is 1. The van der Waals surface area contributed by atoms with Crippen LogP contribution in [-0.4, -0.2) is 12.1 Å². The summed E-state index contributed by atoms with van der Waals surface area (Å²) >= 11 is 5.77. The molecule has 1 aromatic heterocycles. The van der Waals surface area contributed by atoms with E-state index in [9.17, 15) is 0 Å². The lowest BCUT2D eigenvalue weighted by atomic mass is 10.3. The molecule has 2 nitrogen and oxygen atoms in total. The normalized spacial score (nSPS) is 9.73. The maximum Gasteiger partial charge on any atom is 0.232 e. The van der Waals surface area contributed by atoms with Crippen molar-refractivity contribution in [2.45, 2.75) is 13.3 Å². The van der Waals surface area contributed by atoms with E-state index < -0.39 is 0 Å². The lowest BCUT2D eigenvalue weighted by Crippen LogP contribution is -1.92. The third-order valence-corrected chi connectivity index (χ3v) is 1.71. The van der Waals surface area contributed by atoms with Gasteiger partial charge in [0.25, 0.3) is 0 Å². The lowest BCUT2D eigenvalue weighted by molar-refractivity contribution is 0.396. The summed E-state index contributed by atoms with van der Waals surface area (Å²) in [6.45, 7) is 2.04. The second kappa shape index (κ2) is 3.58. The van der Waals surface area contributed by atoms with Crippen LogP contribution in [0.5, 0.6) is 5.88 Å². The molecule has 0 aliphatic rings. The Balaban J connectivity index is 3.02. The van der Waals surface area contributed by atoms with Crippen LogP contribution in [0.2, 0.25) is 5.02 Å². The zero-order chi connectivity index (χ0) is 8.27. The van der Waals surface area contributed by atoms with E-state index in [-0.39, 0.29) is 0 Å². The summed E-state index contributed by atoms with van der Waals surface area (Å²) in [5.41, 5.74) is 0.992. The summed E-state index contributed by atoms with van der Waals surface area (Å²) in [6.07, 6.45) is 0.896. The van der Waals surface area contributed by atoms with Crippen LogP contribution in [-0.2, 0) is 6.42 Å². The highest BCUT2D eigenvalue weighted by Gasteiger charge is 2.01. The predicted octanol–water partition coefficient (Wildman–Crippen LogP) is 2.31. The van der Waals surface area contributed by atoms with Gasteiger partial charge >= 0.3 is 0 Å². The fraction of sp³-hybridized carbons (Fsp3) is 0.375. The third kappa shape index (κ3) is 1.84. The standard InChI is InChI=1S/C8H10ClNO/c1-3-6-4-5-7(9)8(10-6)11-2/h4-5H,3H2,1-2H3. The van der Waals surface area contributed by atoms with E-state index >= 15 is 0 Å². The molecule has 0 aliphatic heterocycles. The number of aryl methyl sites for hydroxylation is 1. The fourth-order valence-corrected chi connectivity index (χ4v) is 0.984. The first-order valence-electron chi connectivity index (χ1n) is 3.47. The van der Waals surface area contributed by atoms with Gasteiger partial charge in [-0.05, 0) is 18.6 Å². The lowest BCUT2D eigenvalue weighted by Gasteiger charge is -2.02. The van der Waals surface area contributed by atoms with Crippen LogP contribution in [0, 0.1) is 0 Å². The van der Waals surface area contributed by atoms with Crippen LogP contribution in [0.3, 0.4) is 0 Å². The molecule has 1 aromatic rings. The molecule has 0 fully saturated rings. The third-order valence-electron chi connectivity index (χ3n) is 1.43. The summed E-state index contributed by atoms with van der Waals surface area (Å²) < 4.78 is 4.94. The van der Waals surface area contributed by atoms with Gasteiger partial charge in [-0.3, -0.25) is 0 Å². The summed E-state index contributed by atoms with van der Waals surface area (Å²) in [4.78, 5) is 4.16. The minimum Gasteiger partial charge on any atom is -0.480 e. The van der Waals surface area contributed by atoms with E-state index in [1.54, 1.807) is 13.2 Å². The van der Waals surface area contributed by atoms with Crippen LogP contribution < -0.4 is 4.74 Å². The summed E-state index contributed by atoms with van der Waals surface area (Å²) in [7, 11) is 1.56. The topological polar surface area (TPSA) is 22.1 Å². The molecule has 0 unspecified atom stereocenters. The quantitative estimate of drug-likeness (QED) is 0.682. The van der Waals surface area contributed by atoms with E-state index in [1.807, 2.05) is 13.0 Å². The number of hydrogen-bond acceptors (Lipinski definition) is 2. The second-order valence-corrected chi connectivity index (χ2v) is 2.55. The van der Waals surface area contributed by atoms with Crippen molar-refractivity contribution in [2.24, 2.45) is 0 Å². The van der Waals surface area contributed by atoms with Crippen molar-refractivity contribution < 1.29 is 4.74 Å². The van der Waals surface area contributed by atoms with Crippen molar-refractivity contribution >= 4 is 11.6 Å². The molecule has 11 heavy (non-hydrogen) atoms. The Morgan fingerprint density at radius 2 is 2.27 bits per heavy atom. The average molecular weight is 172 g/mol. The van der Waals surface area contributed by atoms with Crippen molar-refractivity contribution in [1.29, 1.82) is 0 Å². The van der Waals surface area contributed by atoms with Crippen LogP contribution >= 0.6 is 11.6 Å². The monoisotopic (exact) mass is 171 g/mol.